The number of amides is 1. The monoisotopic (exact) mass is 304 g/mol. The number of rotatable bonds is 7. The van der Waals surface area contributed by atoms with Gasteiger partial charge in [0.2, 0.25) is 5.91 Å². The van der Waals surface area contributed by atoms with E-state index in [0.717, 1.165) is 6.26 Å². The lowest BCUT2D eigenvalue weighted by atomic mass is 9.77. The van der Waals surface area contributed by atoms with E-state index in [9.17, 15) is 13.2 Å². The molecular weight excluding hydrogens is 276 g/mol. The van der Waals surface area contributed by atoms with Gasteiger partial charge in [-0.2, -0.15) is 0 Å². The van der Waals surface area contributed by atoms with E-state index in [-0.39, 0.29) is 23.5 Å². The van der Waals surface area contributed by atoms with Crippen LogP contribution in [0.25, 0.3) is 0 Å². The molecule has 0 aromatic carbocycles. The summed E-state index contributed by atoms with van der Waals surface area (Å²) < 4.78 is 22.1. The van der Waals surface area contributed by atoms with Gasteiger partial charge in [-0.1, -0.05) is 26.7 Å². The van der Waals surface area contributed by atoms with Crippen LogP contribution < -0.4 is 11.1 Å². The molecule has 1 aliphatic rings. The van der Waals surface area contributed by atoms with Gasteiger partial charge in [0.25, 0.3) is 0 Å². The maximum atomic E-state index is 11.9. The Kier molecular flexibility index (Phi) is 6.01. The normalized spacial score (nSPS) is 19.0. The van der Waals surface area contributed by atoms with Crippen molar-refractivity contribution in [2.24, 2.45) is 17.1 Å². The lowest BCUT2D eigenvalue weighted by Gasteiger charge is -2.32. The van der Waals surface area contributed by atoms with Crippen LogP contribution >= 0.6 is 0 Å². The van der Waals surface area contributed by atoms with Crippen LogP contribution in [0.1, 0.15) is 46.0 Å². The molecule has 0 heterocycles. The van der Waals surface area contributed by atoms with Gasteiger partial charge >= 0.3 is 0 Å². The van der Waals surface area contributed by atoms with E-state index in [1.165, 1.54) is 25.7 Å². The Morgan fingerprint density at radius 2 is 1.90 bits per heavy atom. The fraction of sp³-hybridized carbons (Fsp3) is 0.929. The van der Waals surface area contributed by atoms with Crippen LogP contribution in [0.5, 0.6) is 0 Å². The molecule has 1 atom stereocenters. The predicted molar refractivity (Wildman–Crippen MR) is 81.1 cm³/mol. The fourth-order valence-electron chi connectivity index (χ4n) is 2.77. The van der Waals surface area contributed by atoms with Gasteiger partial charge in [0.15, 0.2) is 0 Å². The van der Waals surface area contributed by atoms with Crippen molar-refractivity contribution in [1.82, 2.24) is 5.32 Å². The Bertz CT molecular complexity index is 426. The van der Waals surface area contributed by atoms with Gasteiger partial charge in [0, 0.05) is 12.8 Å². The molecular formula is C14H28N2O3S. The second-order valence-corrected chi connectivity index (χ2v) is 8.97. The highest BCUT2D eigenvalue weighted by Gasteiger charge is 2.32. The lowest BCUT2D eigenvalue weighted by molar-refractivity contribution is -0.123. The minimum Gasteiger partial charge on any atom is -0.354 e. The van der Waals surface area contributed by atoms with Crippen molar-refractivity contribution < 1.29 is 13.2 Å². The van der Waals surface area contributed by atoms with Crippen molar-refractivity contribution in [2.45, 2.75) is 52.0 Å². The first kappa shape index (κ1) is 17.4. The van der Waals surface area contributed by atoms with Crippen molar-refractivity contribution >= 4 is 15.7 Å². The average Bonchev–Trinajstić information content (AvgIpc) is 2.86. The zero-order chi connectivity index (χ0) is 15.4. The number of nitrogens with two attached hydrogens (primary N) is 1. The van der Waals surface area contributed by atoms with Crippen molar-refractivity contribution in [1.29, 1.82) is 0 Å². The summed E-state index contributed by atoms with van der Waals surface area (Å²) in [6, 6.07) is -0.746. The molecule has 0 radical (unpaired) electrons. The molecule has 6 heteroatoms. The van der Waals surface area contributed by atoms with E-state index < -0.39 is 15.9 Å². The highest BCUT2D eigenvalue weighted by atomic mass is 32.2. The number of sulfone groups is 1. The summed E-state index contributed by atoms with van der Waals surface area (Å²) in [5.41, 5.74) is 5.80. The van der Waals surface area contributed by atoms with Gasteiger partial charge in [-0.3, -0.25) is 4.79 Å². The van der Waals surface area contributed by atoms with E-state index in [4.69, 9.17) is 5.73 Å². The van der Waals surface area contributed by atoms with Gasteiger partial charge in [-0.15, -0.1) is 0 Å². The first-order chi connectivity index (χ1) is 9.12. The molecule has 0 bridgehead atoms. The summed E-state index contributed by atoms with van der Waals surface area (Å²) in [5, 5.41) is 2.88. The third-order valence-corrected chi connectivity index (χ3v) is 5.29. The van der Waals surface area contributed by atoms with Gasteiger partial charge in [0.1, 0.15) is 9.84 Å². The smallest absolute Gasteiger partial charge is 0.236 e. The van der Waals surface area contributed by atoms with Crippen molar-refractivity contribution in [3.05, 3.63) is 0 Å². The van der Waals surface area contributed by atoms with Crippen LogP contribution in [-0.2, 0) is 14.6 Å². The van der Waals surface area contributed by atoms with Gasteiger partial charge in [0.05, 0.1) is 11.8 Å². The van der Waals surface area contributed by atoms with Crippen LogP contribution in [-0.4, -0.2) is 38.9 Å². The third-order valence-electron chi connectivity index (χ3n) is 4.31. The minimum absolute atomic E-state index is 0.0480. The summed E-state index contributed by atoms with van der Waals surface area (Å²) in [6.45, 7) is 4.94. The average molecular weight is 304 g/mol. The summed E-state index contributed by atoms with van der Waals surface area (Å²) >= 11 is 0. The van der Waals surface area contributed by atoms with Crippen LogP contribution in [0.3, 0.4) is 0 Å². The first-order valence-corrected chi connectivity index (χ1v) is 9.39. The van der Waals surface area contributed by atoms with Gasteiger partial charge in [-0.05, 0) is 30.6 Å². The van der Waals surface area contributed by atoms with Crippen molar-refractivity contribution in [2.75, 3.05) is 18.6 Å². The molecule has 1 unspecified atom stereocenters. The molecule has 1 saturated carbocycles. The van der Waals surface area contributed by atoms with E-state index in [0.29, 0.717) is 12.5 Å². The molecule has 1 amide bonds. The molecule has 20 heavy (non-hydrogen) atoms. The highest BCUT2D eigenvalue weighted by molar-refractivity contribution is 7.90. The number of carbonyl (C=O) groups is 1. The summed E-state index contributed by atoms with van der Waals surface area (Å²) in [4.78, 5) is 11.9. The van der Waals surface area contributed by atoms with E-state index >= 15 is 0 Å². The molecule has 1 aliphatic carbocycles. The maximum Gasteiger partial charge on any atom is 0.236 e. The SMILES string of the molecule is CC(C)(CNC(=O)C(N)CCS(C)(=O)=O)C1CCCC1. The Morgan fingerprint density at radius 1 is 1.35 bits per heavy atom. The molecule has 3 N–H and O–H groups in total. The molecule has 1 fully saturated rings. The summed E-state index contributed by atoms with van der Waals surface area (Å²) in [7, 11) is -3.07. The van der Waals surface area contributed by atoms with E-state index in [1.807, 2.05) is 0 Å². The molecule has 5 nitrogen and oxygen atoms in total. The van der Waals surface area contributed by atoms with Gasteiger partial charge < -0.3 is 11.1 Å². The minimum atomic E-state index is -3.07. The van der Waals surface area contributed by atoms with Crippen LogP contribution in [0, 0.1) is 11.3 Å². The Hall–Kier alpha value is -0.620. The van der Waals surface area contributed by atoms with Crippen molar-refractivity contribution in [3.63, 3.8) is 0 Å². The molecule has 1 rings (SSSR count). The zero-order valence-electron chi connectivity index (χ0n) is 12.8. The largest absolute Gasteiger partial charge is 0.354 e. The predicted octanol–water partition coefficient (Wildman–Crippen LogP) is 1.08. The Balaban J connectivity index is 2.38. The fourth-order valence-corrected chi connectivity index (χ4v) is 3.45. The number of hydrogen-bond acceptors (Lipinski definition) is 4. The standard InChI is InChI=1S/C14H28N2O3S/c1-14(2,11-6-4-5-7-11)10-16-13(17)12(15)8-9-20(3,18)19/h11-12H,4-10,15H2,1-3H3,(H,16,17). The first-order valence-electron chi connectivity index (χ1n) is 7.33. The second-order valence-electron chi connectivity index (χ2n) is 6.71. The van der Waals surface area contributed by atoms with E-state index in [1.54, 1.807) is 0 Å². The molecule has 0 aromatic rings. The molecule has 0 aromatic heterocycles. The molecule has 0 aliphatic heterocycles. The third kappa shape index (κ3) is 5.79. The number of carbonyl (C=O) groups excluding carboxylic acids is 1. The molecule has 118 valence electrons. The van der Waals surface area contributed by atoms with Crippen LogP contribution in [0.2, 0.25) is 0 Å². The Labute approximate surface area is 122 Å². The van der Waals surface area contributed by atoms with Crippen molar-refractivity contribution in [3.8, 4) is 0 Å². The van der Waals surface area contributed by atoms with Crippen LogP contribution in [0.4, 0.5) is 0 Å². The molecule has 0 saturated heterocycles. The van der Waals surface area contributed by atoms with Crippen LogP contribution in [0.15, 0.2) is 0 Å². The number of hydrogen-bond donors (Lipinski definition) is 2. The Morgan fingerprint density at radius 3 is 2.40 bits per heavy atom. The number of nitrogens with one attached hydrogen (secondary N) is 1. The van der Waals surface area contributed by atoms with Gasteiger partial charge in [-0.25, -0.2) is 8.42 Å². The summed E-state index contributed by atoms with van der Waals surface area (Å²) in [5.74, 6) is 0.350. The lowest BCUT2D eigenvalue weighted by Crippen LogP contribution is -2.46. The maximum absolute atomic E-state index is 11.9. The topological polar surface area (TPSA) is 89.3 Å². The molecule has 0 spiro atoms. The summed E-state index contributed by atoms with van der Waals surface area (Å²) in [6.07, 6.45) is 6.33. The highest BCUT2D eigenvalue weighted by Crippen LogP contribution is 2.38. The zero-order valence-corrected chi connectivity index (χ0v) is 13.6. The van der Waals surface area contributed by atoms with E-state index in [2.05, 4.69) is 19.2 Å². The quantitative estimate of drug-likeness (QED) is 0.736. The second kappa shape index (κ2) is 6.89.